The Kier molecular flexibility index (Phi) is 4.56. The number of H-pyrrole nitrogens is 1. The van der Waals surface area contributed by atoms with Gasteiger partial charge in [0.2, 0.25) is 0 Å². The molecule has 9 heteroatoms. The monoisotopic (exact) mass is 427 g/mol. The van der Waals surface area contributed by atoms with E-state index in [4.69, 9.17) is 4.98 Å². The third-order valence-electron chi connectivity index (χ3n) is 4.92. The maximum atomic E-state index is 10.9. The number of aliphatic hydroxyl groups excluding tert-OH is 1. The Morgan fingerprint density at radius 2 is 1.84 bits per heavy atom. The largest absolute Gasteiger partial charge is 0.510 e. The number of para-hydroxylation sites is 3. The van der Waals surface area contributed by atoms with Crippen LogP contribution in [0.3, 0.4) is 0 Å². The number of thioether (sulfide) groups is 1. The van der Waals surface area contributed by atoms with Crippen LogP contribution in [0.5, 0.6) is 0 Å². The van der Waals surface area contributed by atoms with Crippen molar-refractivity contribution >= 4 is 44.9 Å². The van der Waals surface area contributed by atoms with Crippen LogP contribution in [0.15, 0.2) is 59.4 Å². The van der Waals surface area contributed by atoms with Gasteiger partial charge in [-0.05, 0) is 38.1 Å². The number of rotatable bonds is 4. The quantitative estimate of drug-likeness (QED) is 0.189. The van der Waals surface area contributed by atoms with Gasteiger partial charge in [0.25, 0.3) is 0 Å². The van der Waals surface area contributed by atoms with Crippen molar-refractivity contribution in [3.8, 4) is 6.07 Å². The number of nitrogens with zero attached hydrogens (tertiary/aromatic N) is 6. The first kappa shape index (κ1) is 19.1. The van der Waals surface area contributed by atoms with Crippen molar-refractivity contribution in [2.45, 2.75) is 24.3 Å². The van der Waals surface area contributed by atoms with E-state index >= 15 is 0 Å². The molecule has 0 saturated carbocycles. The van der Waals surface area contributed by atoms with Gasteiger partial charge in [-0.1, -0.05) is 36.0 Å². The minimum Gasteiger partial charge on any atom is -0.510 e. The average Bonchev–Trinajstić information content (AvgIpc) is 3.37. The molecule has 0 aliphatic heterocycles. The Morgan fingerprint density at radius 3 is 2.61 bits per heavy atom. The Bertz CT molecular complexity index is 1490. The van der Waals surface area contributed by atoms with Crippen LogP contribution in [0.25, 0.3) is 33.2 Å². The molecule has 0 amide bonds. The van der Waals surface area contributed by atoms with Gasteiger partial charge in [-0.25, -0.2) is 15.0 Å². The van der Waals surface area contributed by atoms with E-state index in [-0.39, 0.29) is 11.3 Å². The summed E-state index contributed by atoms with van der Waals surface area (Å²) >= 11 is 1.30. The number of aromatic amines is 1. The third kappa shape index (κ3) is 3.27. The lowest BCUT2D eigenvalue weighted by atomic mass is 10.2. The fourth-order valence-corrected chi connectivity index (χ4v) is 4.35. The van der Waals surface area contributed by atoms with E-state index in [9.17, 15) is 10.4 Å². The van der Waals surface area contributed by atoms with Gasteiger partial charge in [0.1, 0.15) is 23.2 Å². The lowest BCUT2D eigenvalue weighted by Crippen LogP contribution is -2.08. The Hall–Kier alpha value is -3.90. The van der Waals surface area contributed by atoms with Crippen LogP contribution >= 0.6 is 11.8 Å². The Labute approximate surface area is 181 Å². The van der Waals surface area contributed by atoms with E-state index in [0.717, 1.165) is 21.9 Å². The number of imidazole rings is 1. The molecule has 152 valence electrons. The molecule has 2 aromatic carbocycles. The lowest BCUT2D eigenvalue weighted by molar-refractivity contribution is 0.401. The van der Waals surface area contributed by atoms with Gasteiger partial charge in [0, 0.05) is 5.39 Å². The second kappa shape index (κ2) is 7.41. The zero-order valence-electron chi connectivity index (χ0n) is 16.7. The predicted molar refractivity (Wildman–Crippen MR) is 120 cm³/mol. The van der Waals surface area contributed by atoms with Crippen LogP contribution < -0.4 is 0 Å². The van der Waals surface area contributed by atoms with Crippen molar-refractivity contribution in [1.82, 2.24) is 29.5 Å². The van der Waals surface area contributed by atoms with Crippen LogP contribution in [0.4, 0.5) is 0 Å². The Morgan fingerprint density at radius 1 is 1.10 bits per heavy atom. The first-order chi connectivity index (χ1) is 15.0. The molecule has 1 atom stereocenters. The SMILES string of the molecule is Cc1nc2c3ccccc3nc(SC(C)/C(O)=C(\C#N)c3nc4ccccc4[nH]3)n2n1. The number of allylic oxidation sites excluding steroid dienone is 1. The molecular weight excluding hydrogens is 410 g/mol. The number of hydrogen-bond donors (Lipinski definition) is 2. The molecule has 0 fully saturated rings. The fourth-order valence-electron chi connectivity index (χ4n) is 3.43. The van der Waals surface area contributed by atoms with Gasteiger partial charge in [-0.2, -0.15) is 9.78 Å². The van der Waals surface area contributed by atoms with Crippen LogP contribution in [-0.4, -0.2) is 39.9 Å². The molecule has 31 heavy (non-hydrogen) atoms. The third-order valence-corrected chi connectivity index (χ3v) is 5.97. The van der Waals surface area contributed by atoms with E-state index in [1.165, 1.54) is 11.8 Å². The standard InChI is InChI=1S/C22H17N7OS/c1-12(19(30)15(11-23)20-25-17-9-5-6-10-18(17)26-20)31-22-27-16-8-4-3-7-14(16)21-24-13(2)28-29(21)22/h3-10,12,30H,1-2H3,(H,25,26)/b19-15-. The van der Waals surface area contributed by atoms with Gasteiger partial charge in [-0.3, -0.25) is 0 Å². The molecule has 0 aliphatic carbocycles. The number of aryl methyl sites for hydroxylation is 1. The first-order valence-corrected chi connectivity index (χ1v) is 10.5. The minimum atomic E-state index is -0.468. The summed E-state index contributed by atoms with van der Waals surface area (Å²) in [4.78, 5) is 16.8. The number of fused-ring (bicyclic) bond motifs is 4. The lowest BCUT2D eigenvalue weighted by Gasteiger charge is -2.12. The Balaban J connectivity index is 1.57. The maximum Gasteiger partial charge on any atom is 0.192 e. The smallest absolute Gasteiger partial charge is 0.192 e. The van der Waals surface area contributed by atoms with E-state index in [2.05, 4.69) is 26.1 Å². The number of hydrogen-bond acceptors (Lipinski definition) is 7. The van der Waals surface area contributed by atoms with Crippen molar-refractivity contribution in [2.24, 2.45) is 0 Å². The van der Waals surface area contributed by atoms with Gasteiger partial charge < -0.3 is 10.1 Å². The van der Waals surface area contributed by atoms with Crippen LogP contribution in [-0.2, 0) is 0 Å². The molecule has 5 aromatic rings. The van der Waals surface area contributed by atoms with Crippen molar-refractivity contribution < 1.29 is 5.11 Å². The maximum absolute atomic E-state index is 10.9. The van der Waals surface area contributed by atoms with Gasteiger partial charge >= 0.3 is 0 Å². The zero-order chi connectivity index (χ0) is 21.5. The molecule has 1 unspecified atom stereocenters. The van der Waals surface area contributed by atoms with Crippen molar-refractivity contribution in [2.75, 3.05) is 0 Å². The number of aromatic nitrogens is 6. The highest BCUT2D eigenvalue weighted by Crippen LogP contribution is 2.31. The van der Waals surface area contributed by atoms with Gasteiger partial charge in [0.05, 0.1) is 21.8 Å². The number of benzene rings is 2. The van der Waals surface area contributed by atoms with Gasteiger partial charge in [0.15, 0.2) is 16.6 Å². The highest BCUT2D eigenvalue weighted by atomic mass is 32.2. The normalized spacial score (nSPS) is 13.5. The van der Waals surface area contributed by atoms with Gasteiger partial charge in [-0.15, -0.1) is 5.10 Å². The molecule has 0 radical (unpaired) electrons. The van der Waals surface area contributed by atoms with E-state index in [1.807, 2.05) is 62.4 Å². The summed E-state index contributed by atoms with van der Waals surface area (Å²) in [5, 5.41) is 26.1. The summed E-state index contributed by atoms with van der Waals surface area (Å²) in [5.41, 5.74) is 3.13. The van der Waals surface area contributed by atoms with E-state index in [1.54, 1.807) is 4.52 Å². The zero-order valence-corrected chi connectivity index (χ0v) is 17.6. The average molecular weight is 427 g/mol. The summed E-state index contributed by atoms with van der Waals surface area (Å²) in [6.07, 6.45) is 0. The summed E-state index contributed by atoms with van der Waals surface area (Å²) in [5.74, 6) is 0.890. The van der Waals surface area contributed by atoms with Crippen molar-refractivity contribution in [1.29, 1.82) is 5.26 Å². The summed E-state index contributed by atoms with van der Waals surface area (Å²) < 4.78 is 1.68. The van der Waals surface area contributed by atoms with Crippen molar-refractivity contribution in [3.05, 3.63) is 65.9 Å². The molecule has 8 nitrogen and oxygen atoms in total. The van der Waals surface area contributed by atoms with Crippen LogP contribution in [0, 0.1) is 18.3 Å². The second-order valence-electron chi connectivity index (χ2n) is 7.04. The highest BCUT2D eigenvalue weighted by Gasteiger charge is 2.22. The second-order valence-corrected chi connectivity index (χ2v) is 8.35. The molecule has 0 saturated heterocycles. The molecule has 0 spiro atoms. The minimum absolute atomic E-state index is 0.0773. The number of aliphatic hydroxyl groups is 1. The highest BCUT2D eigenvalue weighted by molar-refractivity contribution is 7.99. The molecule has 0 aliphatic rings. The van der Waals surface area contributed by atoms with Crippen LogP contribution in [0.2, 0.25) is 0 Å². The van der Waals surface area contributed by atoms with E-state index < -0.39 is 5.25 Å². The van der Waals surface area contributed by atoms with E-state index in [0.29, 0.717) is 22.5 Å². The molecule has 2 N–H and O–H groups in total. The topological polar surface area (TPSA) is 116 Å². The van der Waals surface area contributed by atoms with Crippen molar-refractivity contribution in [3.63, 3.8) is 0 Å². The molecule has 3 aromatic heterocycles. The molecule has 0 bridgehead atoms. The molecule has 3 heterocycles. The summed E-state index contributed by atoms with van der Waals surface area (Å²) in [6, 6.07) is 17.3. The number of nitriles is 1. The fraction of sp³-hybridized carbons (Fsp3) is 0.136. The molecular formula is C22H17N7OS. The summed E-state index contributed by atoms with van der Waals surface area (Å²) in [6.45, 7) is 3.64. The first-order valence-electron chi connectivity index (χ1n) is 9.62. The van der Waals surface area contributed by atoms with Crippen LogP contribution in [0.1, 0.15) is 18.6 Å². The number of nitrogens with one attached hydrogen (secondary N) is 1. The molecule has 5 rings (SSSR count). The predicted octanol–water partition coefficient (Wildman–Crippen LogP) is 4.44. The summed E-state index contributed by atoms with van der Waals surface area (Å²) in [7, 11) is 0.